The molecule has 1 heterocycles. The molecule has 5 nitrogen and oxygen atoms in total. The van der Waals surface area contributed by atoms with Gasteiger partial charge in [0.05, 0.1) is 6.42 Å². The van der Waals surface area contributed by atoms with Crippen molar-refractivity contribution in [3.63, 3.8) is 0 Å². The number of nitrogens with zero attached hydrogens (tertiary/aromatic N) is 2. The second-order valence-electron chi connectivity index (χ2n) is 5.70. The van der Waals surface area contributed by atoms with Crippen LogP contribution >= 0.6 is 0 Å². The van der Waals surface area contributed by atoms with Crippen molar-refractivity contribution in [2.24, 2.45) is 5.92 Å². The van der Waals surface area contributed by atoms with E-state index in [9.17, 15) is 9.59 Å². The monoisotopic (exact) mass is 254 g/mol. The van der Waals surface area contributed by atoms with Crippen molar-refractivity contribution in [1.82, 2.24) is 9.80 Å². The van der Waals surface area contributed by atoms with Crippen molar-refractivity contribution in [1.29, 1.82) is 0 Å². The molecular formula is C13H22N2O3. The molecule has 1 N–H and O–H groups in total. The van der Waals surface area contributed by atoms with Crippen molar-refractivity contribution in [2.75, 3.05) is 13.1 Å². The van der Waals surface area contributed by atoms with Gasteiger partial charge in [-0.05, 0) is 39.0 Å². The number of likely N-dealkylation sites (tertiary alicyclic amines) is 1. The largest absolute Gasteiger partial charge is 0.481 e. The zero-order valence-electron chi connectivity index (χ0n) is 11.1. The number of rotatable bonds is 4. The van der Waals surface area contributed by atoms with Gasteiger partial charge in [0.2, 0.25) is 0 Å². The van der Waals surface area contributed by atoms with Crippen LogP contribution in [0.15, 0.2) is 0 Å². The molecule has 2 rings (SSSR count). The van der Waals surface area contributed by atoms with Gasteiger partial charge in [0.15, 0.2) is 0 Å². The fourth-order valence-electron chi connectivity index (χ4n) is 3.11. The Morgan fingerprint density at radius 3 is 2.56 bits per heavy atom. The third-order valence-electron chi connectivity index (χ3n) is 4.09. The highest BCUT2D eigenvalue weighted by molar-refractivity contribution is 5.76. The van der Waals surface area contributed by atoms with E-state index in [0.717, 1.165) is 19.4 Å². The van der Waals surface area contributed by atoms with Crippen molar-refractivity contribution in [3.8, 4) is 0 Å². The first-order chi connectivity index (χ1) is 8.49. The molecule has 18 heavy (non-hydrogen) atoms. The van der Waals surface area contributed by atoms with Crippen molar-refractivity contribution in [3.05, 3.63) is 0 Å². The van der Waals surface area contributed by atoms with Crippen LogP contribution in [0.5, 0.6) is 0 Å². The molecule has 0 spiro atoms. The van der Waals surface area contributed by atoms with Crippen LogP contribution in [0, 0.1) is 5.92 Å². The molecule has 1 aliphatic carbocycles. The maximum Gasteiger partial charge on any atom is 0.320 e. The highest BCUT2D eigenvalue weighted by Crippen LogP contribution is 2.37. The first kappa shape index (κ1) is 13.2. The third kappa shape index (κ3) is 2.60. The van der Waals surface area contributed by atoms with Crippen LogP contribution in [0.3, 0.4) is 0 Å². The standard InChI is InChI=1S/C13H22N2O3/c1-9(2)14(6-5-12(16)17)13(18)15-8-10-3-4-11(15)7-10/h9-11H,3-8H2,1-2H3,(H,16,17). The van der Waals surface area contributed by atoms with Crippen LogP contribution in [0.4, 0.5) is 4.79 Å². The molecule has 0 aromatic rings. The summed E-state index contributed by atoms with van der Waals surface area (Å²) in [5.41, 5.74) is 0. The van der Waals surface area contributed by atoms with E-state index < -0.39 is 5.97 Å². The van der Waals surface area contributed by atoms with E-state index in [1.54, 1.807) is 4.90 Å². The van der Waals surface area contributed by atoms with E-state index in [0.29, 0.717) is 18.5 Å². The van der Waals surface area contributed by atoms with Gasteiger partial charge in [-0.15, -0.1) is 0 Å². The lowest BCUT2D eigenvalue weighted by atomic mass is 10.1. The SMILES string of the molecule is CC(C)N(CCC(=O)O)C(=O)N1CC2CCC1C2. The van der Waals surface area contributed by atoms with E-state index in [2.05, 4.69) is 0 Å². The minimum atomic E-state index is -0.851. The quantitative estimate of drug-likeness (QED) is 0.831. The Labute approximate surface area is 108 Å². The molecule has 2 unspecified atom stereocenters. The molecule has 0 radical (unpaired) electrons. The van der Waals surface area contributed by atoms with E-state index in [-0.39, 0.29) is 18.5 Å². The van der Waals surface area contributed by atoms with Crippen LogP contribution < -0.4 is 0 Å². The average molecular weight is 254 g/mol. The predicted molar refractivity (Wildman–Crippen MR) is 67.3 cm³/mol. The molecule has 1 saturated heterocycles. The number of carbonyl (C=O) groups excluding carboxylic acids is 1. The lowest BCUT2D eigenvalue weighted by Gasteiger charge is -2.35. The molecule has 2 atom stereocenters. The van der Waals surface area contributed by atoms with Crippen LogP contribution in [0.25, 0.3) is 0 Å². The normalized spacial score (nSPS) is 25.8. The number of hydrogen-bond acceptors (Lipinski definition) is 2. The van der Waals surface area contributed by atoms with Crippen molar-refractivity contribution < 1.29 is 14.7 Å². The summed E-state index contributed by atoms with van der Waals surface area (Å²) in [5, 5.41) is 8.74. The van der Waals surface area contributed by atoms with Gasteiger partial charge in [-0.3, -0.25) is 4.79 Å². The number of amides is 2. The Morgan fingerprint density at radius 2 is 2.11 bits per heavy atom. The summed E-state index contributed by atoms with van der Waals surface area (Å²) in [4.78, 5) is 26.7. The Balaban J connectivity index is 1.97. The first-order valence-corrected chi connectivity index (χ1v) is 6.78. The molecule has 2 amide bonds. The lowest BCUT2D eigenvalue weighted by Crippen LogP contribution is -2.49. The van der Waals surface area contributed by atoms with Crippen LogP contribution in [0.1, 0.15) is 39.5 Å². The molecular weight excluding hydrogens is 232 g/mol. The Bertz CT molecular complexity index is 343. The van der Waals surface area contributed by atoms with E-state index in [1.807, 2.05) is 18.7 Å². The minimum absolute atomic E-state index is 0.0197. The summed E-state index contributed by atoms with van der Waals surface area (Å²) in [5.74, 6) is -0.177. The van der Waals surface area contributed by atoms with Crippen LogP contribution in [-0.2, 0) is 4.79 Å². The maximum absolute atomic E-state index is 12.4. The predicted octanol–water partition coefficient (Wildman–Crippen LogP) is 1.78. The molecule has 0 aromatic heterocycles. The first-order valence-electron chi connectivity index (χ1n) is 6.78. The number of fused-ring (bicyclic) bond motifs is 2. The fourth-order valence-corrected chi connectivity index (χ4v) is 3.11. The zero-order valence-corrected chi connectivity index (χ0v) is 11.1. The van der Waals surface area contributed by atoms with Crippen LogP contribution in [0.2, 0.25) is 0 Å². The van der Waals surface area contributed by atoms with Crippen LogP contribution in [-0.4, -0.2) is 52.1 Å². The fraction of sp³-hybridized carbons (Fsp3) is 0.846. The molecule has 1 aliphatic heterocycles. The van der Waals surface area contributed by atoms with Gasteiger partial charge >= 0.3 is 12.0 Å². The van der Waals surface area contributed by atoms with Gasteiger partial charge < -0.3 is 14.9 Å². The average Bonchev–Trinajstić information content (AvgIpc) is 2.89. The number of urea groups is 1. The van der Waals surface area contributed by atoms with Gasteiger partial charge in [-0.25, -0.2) is 4.79 Å². The number of aliphatic carboxylic acids is 1. The van der Waals surface area contributed by atoms with Gasteiger partial charge in [-0.2, -0.15) is 0 Å². The summed E-state index contributed by atoms with van der Waals surface area (Å²) in [7, 11) is 0. The van der Waals surface area contributed by atoms with E-state index in [1.165, 1.54) is 6.42 Å². The van der Waals surface area contributed by atoms with Gasteiger partial charge in [0.25, 0.3) is 0 Å². The summed E-state index contributed by atoms with van der Waals surface area (Å²) in [6.45, 7) is 5.04. The Kier molecular flexibility index (Phi) is 3.78. The maximum atomic E-state index is 12.4. The number of carboxylic acids is 1. The molecule has 2 aliphatic rings. The lowest BCUT2D eigenvalue weighted by molar-refractivity contribution is -0.137. The number of carboxylic acid groups (broad SMARTS) is 1. The molecule has 0 aromatic carbocycles. The highest BCUT2D eigenvalue weighted by atomic mass is 16.4. The summed E-state index contributed by atoms with van der Waals surface area (Å²) >= 11 is 0. The van der Waals surface area contributed by atoms with Gasteiger partial charge in [-0.1, -0.05) is 0 Å². The molecule has 2 fully saturated rings. The third-order valence-corrected chi connectivity index (χ3v) is 4.09. The molecule has 2 bridgehead atoms. The van der Waals surface area contributed by atoms with E-state index in [4.69, 9.17) is 5.11 Å². The number of hydrogen-bond donors (Lipinski definition) is 1. The van der Waals surface area contributed by atoms with E-state index >= 15 is 0 Å². The molecule has 5 heteroatoms. The number of carbonyl (C=O) groups is 2. The number of piperidine rings is 1. The van der Waals surface area contributed by atoms with Crippen molar-refractivity contribution in [2.45, 2.75) is 51.6 Å². The molecule has 102 valence electrons. The second kappa shape index (κ2) is 5.16. The topological polar surface area (TPSA) is 60.9 Å². The Morgan fingerprint density at radius 1 is 1.39 bits per heavy atom. The molecule has 1 saturated carbocycles. The summed E-state index contributed by atoms with van der Waals surface area (Å²) in [6.07, 6.45) is 3.51. The Hall–Kier alpha value is -1.26. The zero-order chi connectivity index (χ0) is 13.3. The summed E-state index contributed by atoms with van der Waals surface area (Å²) < 4.78 is 0. The van der Waals surface area contributed by atoms with Gasteiger partial charge in [0.1, 0.15) is 0 Å². The van der Waals surface area contributed by atoms with Gasteiger partial charge in [0, 0.05) is 25.2 Å². The second-order valence-corrected chi connectivity index (χ2v) is 5.70. The van der Waals surface area contributed by atoms with Crippen molar-refractivity contribution >= 4 is 12.0 Å². The highest BCUT2D eigenvalue weighted by Gasteiger charge is 2.41. The smallest absolute Gasteiger partial charge is 0.320 e. The minimum Gasteiger partial charge on any atom is -0.481 e. The summed E-state index contributed by atoms with van der Waals surface area (Å²) in [6, 6.07) is 0.475.